The Balaban J connectivity index is 3.15. The highest BCUT2D eigenvalue weighted by atomic mass is 16.5. The number of rotatable bonds is 4. The molecule has 0 heterocycles. The summed E-state index contributed by atoms with van der Waals surface area (Å²) in [5.74, 6) is -0.646. The van der Waals surface area contributed by atoms with Crippen molar-refractivity contribution in [3.8, 4) is 5.75 Å². The van der Waals surface area contributed by atoms with Crippen molar-refractivity contribution < 1.29 is 19.4 Å². The zero-order valence-corrected chi connectivity index (χ0v) is 8.61. The van der Waals surface area contributed by atoms with Crippen molar-refractivity contribution in [1.82, 2.24) is 0 Å². The number of carboxylic acids is 1. The fourth-order valence-corrected chi connectivity index (χ4v) is 1.30. The number of Topliss-reactive ketones (excluding diaryl/α,β-unsaturated/α-hetero) is 1. The summed E-state index contributed by atoms with van der Waals surface area (Å²) in [6.07, 6.45) is 0.131. The van der Waals surface area contributed by atoms with Crippen LogP contribution in [0.3, 0.4) is 0 Å². The van der Waals surface area contributed by atoms with Crippen LogP contribution in [0.25, 0.3) is 0 Å². The first-order chi connectivity index (χ1) is 7.04. The summed E-state index contributed by atoms with van der Waals surface area (Å²) in [5, 5.41) is 8.93. The highest BCUT2D eigenvalue weighted by Gasteiger charge is 2.12. The van der Waals surface area contributed by atoms with E-state index in [1.807, 2.05) is 0 Å². The molecule has 0 bridgehead atoms. The van der Waals surface area contributed by atoms with Crippen molar-refractivity contribution >= 4 is 11.8 Å². The fourth-order valence-electron chi connectivity index (χ4n) is 1.30. The van der Waals surface area contributed by atoms with Gasteiger partial charge in [0, 0.05) is 6.42 Å². The van der Waals surface area contributed by atoms with Gasteiger partial charge in [0.05, 0.1) is 12.7 Å². The zero-order valence-electron chi connectivity index (χ0n) is 8.61. The lowest BCUT2D eigenvalue weighted by Gasteiger charge is -2.06. The minimum absolute atomic E-state index is 0.0670. The van der Waals surface area contributed by atoms with Crippen LogP contribution >= 0.6 is 0 Å². The van der Waals surface area contributed by atoms with Crippen molar-refractivity contribution in [1.29, 1.82) is 0 Å². The van der Waals surface area contributed by atoms with Crippen molar-refractivity contribution in [2.45, 2.75) is 13.3 Å². The molecule has 4 nitrogen and oxygen atoms in total. The molecule has 1 aromatic carbocycles. The van der Waals surface area contributed by atoms with Crippen molar-refractivity contribution in [3.63, 3.8) is 0 Å². The van der Waals surface area contributed by atoms with Crippen LogP contribution in [0, 0.1) is 0 Å². The number of benzene rings is 1. The van der Waals surface area contributed by atoms with Crippen molar-refractivity contribution in [2.75, 3.05) is 7.11 Å². The number of carbonyl (C=O) groups excluding carboxylic acids is 1. The molecular formula is C11H12O4. The lowest BCUT2D eigenvalue weighted by atomic mass is 10.0. The summed E-state index contributed by atoms with van der Waals surface area (Å²) in [5.41, 5.74) is 0.625. The van der Waals surface area contributed by atoms with Gasteiger partial charge in [0.25, 0.3) is 0 Å². The summed E-state index contributed by atoms with van der Waals surface area (Å²) in [6, 6.07) is 4.66. The van der Waals surface area contributed by atoms with E-state index < -0.39 is 5.97 Å². The van der Waals surface area contributed by atoms with Crippen LogP contribution in [-0.2, 0) is 11.2 Å². The molecule has 0 unspecified atom stereocenters. The summed E-state index contributed by atoms with van der Waals surface area (Å²) < 4.78 is 4.92. The number of carbonyl (C=O) groups is 2. The molecule has 0 aliphatic rings. The first kappa shape index (κ1) is 11.2. The average molecular weight is 208 g/mol. The topological polar surface area (TPSA) is 63.6 Å². The quantitative estimate of drug-likeness (QED) is 0.814. The van der Waals surface area contributed by atoms with Crippen LogP contribution in [0.4, 0.5) is 0 Å². The molecule has 0 saturated carbocycles. The predicted molar refractivity (Wildman–Crippen MR) is 54.3 cm³/mol. The van der Waals surface area contributed by atoms with Crippen molar-refractivity contribution in [3.05, 3.63) is 29.3 Å². The van der Waals surface area contributed by atoms with Gasteiger partial charge in [0.2, 0.25) is 0 Å². The molecule has 0 atom stereocenters. The van der Waals surface area contributed by atoms with Gasteiger partial charge in [-0.25, -0.2) is 4.79 Å². The predicted octanol–water partition coefficient (Wildman–Crippen LogP) is 1.52. The van der Waals surface area contributed by atoms with Gasteiger partial charge in [-0.1, -0.05) is 6.07 Å². The van der Waals surface area contributed by atoms with Crippen LogP contribution in [0.1, 0.15) is 22.8 Å². The van der Waals surface area contributed by atoms with Gasteiger partial charge >= 0.3 is 5.97 Å². The summed E-state index contributed by atoms with van der Waals surface area (Å²) >= 11 is 0. The lowest BCUT2D eigenvalue weighted by Crippen LogP contribution is -2.06. The van der Waals surface area contributed by atoms with E-state index in [1.54, 1.807) is 12.1 Å². The van der Waals surface area contributed by atoms with E-state index >= 15 is 0 Å². The zero-order chi connectivity index (χ0) is 11.4. The Morgan fingerprint density at radius 1 is 1.40 bits per heavy atom. The third kappa shape index (κ3) is 2.80. The molecule has 0 aliphatic carbocycles. The van der Waals surface area contributed by atoms with Crippen LogP contribution in [-0.4, -0.2) is 24.0 Å². The molecule has 0 amide bonds. The van der Waals surface area contributed by atoms with Gasteiger partial charge in [0.15, 0.2) is 0 Å². The molecule has 15 heavy (non-hydrogen) atoms. The van der Waals surface area contributed by atoms with E-state index in [2.05, 4.69) is 0 Å². The standard InChI is InChI=1S/C11H12O4/c1-7(12)5-8-3-4-9(15-2)6-10(8)11(13)14/h3-4,6H,5H2,1-2H3,(H,13,14). The fraction of sp³-hybridized carbons (Fsp3) is 0.273. The Morgan fingerprint density at radius 2 is 2.07 bits per heavy atom. The second-order valence-corrected chi connectivity index (χ2v) is 3.21. The second kappa shape index (κ2) is 4.59. The molecule has 0 fully saturated rings. The number of ether oxygens (including phenoxy) is 1. The Kier molecular flexibility index (Phi) is 3.44. The van der Waals surface area contributed by atoms with E-state index in [-0.39, 0.29) is 17.8 Å². The maximum Gasteiger partial charge on any atom is 0.336 e. The van der Waals surface area contributed by atoms with Gasteiger partial charge in [-0.2, -0.15) is 0 Å². The summed E-state index contributed by atoms with van der Waals surface area (Å²) in [4.78, 5) is 21.8. The van der Waals surface area contributed by atoms with Gasteiger partial charge in [-0.15, -0.1) is 0 Å². The minimum atomic E-state index is -1.05. The summed E-state index contributed by atoms with van der Waals surface area (Å²) in [6.45, 7) is 1.43. The van der Waals surface area contributed by atoms with Gasteiger partial charge in [0.1, 0.15) is 11.5 Å². The number of hydrogen-bond acceptors (Lipinski definition) is 3. The lowest BCUT2D eigenvalue weighted by molar-refractivity contribution is -0.116. The Bertz CT molecular complexity index is 396. The monoisotopic (exact) mass is 208 g/mol. The van der Waals surface area contributed by atoms with Gasteiger partial charge in [-0.3, -0.25) is 4.79 Å². The number of hydrogen-bond donors (Lipinski definition) is 1. The third-order valence-electron chi connectivity index (χ3n) is 1.99. The molecule has 1 rings (SSSR count). The molecule has 0 aromatic heterocycles. The number of carboxylic acid groups (broad SMARTS) is 1. The molecule has 0 saturated heterocycles. The smallest absolute Gasteiger partial charge is 0.336 e. The first-order valence-corrected chi connectivity index (χ1v) is 4.44. The normalized spacial score (nSPS) is 9.73. The highest BCUT2D eigenvalue weighted by molar-refractivity contribution is 5.92. The van der Waals surface area contributed by atoms with E-state index in [0.717, 1.165) is 0 Å². The van der Waals surface area contributed by atoms with E-state index in [0.29, 0.717) is 11.3 Å². The molecule has 0 radical (unpaired) electrons. The Morgan fingerprint density at radius 3 is 2.53 bits per heavy atom. The molecule has 1 aromatic rings. The van der Waals surface area contributed by atoms with Gasteiger partial charge in [-0.05, 0) is 24.6 Å². The van der Waals surface area contributed by atoms with Crippen LogP contribution < -0.4 is 4.74 Å². The minimum Gasteiger partial charge on any atom is -0.497 e. The molecular weight excluding hydrogens is 196 g/mol. The Labute approximate surface area is 87.5 Å². The van der Waals surface area contributed by atoms with E-state index in [1.165, 1.54) is 20.1 Å². The Hall–Kier alpha value is -1.84. The maximum atomic E-state index is 10.9. The van der Waals surface area contributed by atoms with E-state index in [9.17, 15) is 9.59 Å². The van der Waals surface area contributed by atoms with Gasteiger partial charge < -0.3 is 9.84 Å². The van der Waals surface area contributed by atoms with E-state index in [4.69, 9.17) is 9.84 Å². The number of ketones is 1. The third-order valence-corrected chi connectivity index (χ3v) is 1.99. The first-order valence-electron chi connectivity index (χ1n) is 4.44. The average Bonchev–Trinajstić information content (AvgIpc) is 2.17. The van der Waals surface area contributed by atoms with Crippen LogP contribution in [0.2, 0.25) is 0 Å². The SMILES string of the molecule is COc1ccc(CC(C)=O)c(C(=O)O)c1. The number of aromatic carboxylic acids is 1. The second-order valence-electron chi connectivity index (χ2n) is 3.21. The van der Waals surface area contributed by atoms with Crippen LogP contribution in [0.15, 0.2) is 18.2 Å². The largest absolute Gasteiger partial charge is 0.497 e. The molecule has 0 aliphatic heterocycles. The molecule has 4 heteroatoms. The highest BCUT2D eigenvalue weighted by Crippen LogP contribution is 2.18. The molecule has 0 spiro atoms. The van der Waals surface area contributed by atoms with Crippen molar-refractivity contribution in [2.24, 2.45) is 0 Å². The maximum absolute atomic E-state index is 10.9. The molecule has 80 valence electrons. The summed E-state index contributed by atoms with van der Waals surface area (Å²) in [7, 11) is 1.46. The van der Waals surface area contributed by atoms with Crippen LogP contribution in [0.5, 0.6) is 5.75 Å². The number of methoxy groups -OCH3 is 1. The molecule has 1 N–H and O–H groups in total.